The average Bonchev–Trinajstić information content (AvgIpc) is 2.70. The van der Waals surface area contributed by atoms with Crippen molar-refractivity contribution < 1.29 is 9.47 Å². The largest absolute Gasteiger partial charge is 0.493 e. The van der Waals surface area contributed by atoms with E-state index in [1.165, 1.54) is 0 Å². The summed E-state index contributed by atoms with van der Waals surface area (Å²) in [6, 6.07) is 5.90. The van der Waals surface area contributed by atoms with Gasteiger partial charge in [-0.05, 0) is 24.1 Å². The van der Waals surface area contributed by atoms with Gasteiger partial charge >= 0.3 is 0 Å². The number of hydrogen-bond acceptors (Lipinski definition) is 3. The maximum atomic E-state index is 8.91. The van der Waals surface area contributed by atoms with Gasteiger partial charge in [0, 0.05) is 5.56 Å². The third-order valence-corrected chi connectivity index (χ3v) is 2.57. The minimum atomic E-state index is 0.712. The van der Waals surface area contributed by atoms with Crippen molar-refractivity contribution in [3.05, 3.63) is 29.3 Å². The van der Waals surface area contributed by atoms with Crippen LogP contribution in [-0.2, 0) is 6.42 Å². The zero-order valence-corrected chi connectivity index (χ0v) is 8.70. The Kier molecular flexibility index (Phi) is 2.34. The van der Waals surface area contributed by atoms with E-state index in [2.05, 4.69) is 6.07 Å². The Bertz CT molecular complexity index is 469. The number of ether oxygens (including phenoxy) is 2. The van der Waals surface area contributed by atoms with Crippen molar-refractivity contribution in [3.63, 3.8) is 0 Å². The minimum Gasteiger partial charge on any atom is -0.493 e. The third-order valence-electron chi connectivity index (χ3n) is 2.57. The molecule has 0 amide bonds. The van der Waals surface area contributed by atoms with E-state index in [4.69, 9.17) is 14.7 Å². The van der Waals surface area contributed by atoms with Gasteiger partial charge in [-0.2, -0.15) is 5.26 Å². The van der Waals surface area contributed by atoms with Gasteiger partial charge in [0.15, 0.2) is 11.5 Å². The first-order chi connectivity index (χ1) is 7.31. The van der Waals surface area contributed by atoms with Gasteiger partial charge in [-0.25, -0.2) is 0 Å². The zero-order valence-electron chi connectivity index (χ0n) is 8.70. The molecule has 3 heteroatoms. The molecule has 15 heavy (non-hydrogen) atoms. The summed E-state index contributed by atoms with van der Waals surface area (Å²) < 4.78 is 10.5. The molecule has 0 spiro atoms. The van der Waals surface area contributed by atoms with E-state index in [0.717, 1.165) is 23.3 Å². The predicted octanol–water partition coefficient (Wildman–Crippen LogP) is 2.17. The van der Waals surface area contributed by atoms with Crippen LogP contribution in [0.4, 0.5) is 0 Å². The maximum Gasteiger partial charge on any atom is 0.164 e. The first-order valence-corrected chi connectivity index (χ1v) is 4.66. The Balaban J connectivity index is 2.58. The quantitative estimate of drug-likeness (QED) is 0.736. The first kappa shape index (κ1) is 9.60. The lowest BCUT2D eigenvalue weighted by molar-refractivity contribution is 0.352. The fourth-order valence-electron chi connectivity index (χ4n) is 1.87. The molecule has 1 aromatic carbocycles. The van der Waals surface area contributed by atoms with Crippen LogP contribution < -0.4 is 9.47 Å². The summed E-state index contributed by atoms with van der Waals surface area (Å²) >= 11 is 0. The molecule has 76 valence electrons. The molecule has 3 nitrogen and oxygen atoms in total. The van der Waals surface area contributed by atoms with Crippen LogP contribution in [0.15, 0.2) is 18.2 Å². The third kappa shape index (κ3) is 1.35. The smallest absolute Gasteiger partial charge is 0.164 e. The number of nitrogens with zero attached hydrogens (tertiary/aromatic N) is 1. The van der Waals surface area contributed by atoms with Crippen molar-refractivity contribution in [2.24, 2.45) is 0 Å². The predicted molar refractivity (Wildman–Crippen MR) is 56.8 cm³/mol. The van der Waals surface area contributed by atoms with E-state index in [1.807, 2.05) is 18.2 Å². The zero-order chi connectivity index (χ0) is 10.8. The molecule has 0 atom stereocenters. The number of methoxy groups -OCH3 is 2. The number of benzene rings is 1. The Labute approximate surface area is 88.5 Å². The summed E-state index contributed by atoms with van der Waals surface area (Å²) in [7, 11) is 3.22. The molecule has 0 fully saturated rings. The van der Waals surface area contributed by atoms with Crippen molar-refractivity contribution in [1.29, 1.82) is 5.26 Å². The molecule has 0 N–H and O–H groups in total. The summed E-state index contributed by atoms with van der Waals surface area (Å²) in [6.07, 6.45) is 2.64. The molecule has 0 heterocycles. The van der Waals surface area contributed by atoms with Gasteiger partial charge in [-0.3, -0.25) is 0 Å². The molecule has 1 aromatic rings. The monoisotopic (exact) mass is 201 g/mol. The molecule has 1 aliphatic carbocycles. The molecule has 0 aromatic heterocycles. The lowest BCUT2D eigenvalue weighted by Crippen LogP contribution is -1.96. The lowest BCUT2D eigenvalue weighted by Gasteiger charge is -2.12. The van der Waals surface area contributed by atoms with Crippen molar-refractivity contribution in [2.45, 2.75) is 6.42 Å². The normalized spacial score (nSPS) is 12.7. The van der Waals surface area contributed by atoms with Crippen LogP contribution in [0.25, 0.3) is 5.57 Å². The Morgan fingerprint density at radius 2 is 2.07 bits per heavy atom. The minimum absolute atomic E-state index is 0.712. The molecular weight excluding hydrogens is 190 g/mol. The van der Waals surface area contributed by atoms with E-state index >= 15 is 0 Å². The molecular formula is C12H11NO2. The van der Waals surface area contributed by atoms with Gasteiger partial charge in [0.25, 0.3) is 0 Å². The van der Waals surface area contributed by atoms with Gasteiger partial charge in [-0.15, -0.1) is 0 Å². The number of nitriles is 1. The van der Waals surface area contributed by atoms with Crippen LogP contribution in [0.3, 0.4) is 0 Å². The van der Waals surface area contributed by atoms with Gasteiger partial charge in [0.2, 0.25) is 0 Å². The fourth-order valence-corrected chi connectivity index (χ4v) is 1.87. The number of rotatable bonds is 2. The number of fused-ring (bicyclic) bond motifs is 1. The molecule has 0 saturated carbocycles. The molecule has 2 rings (SSSR count). The first-order valence-electron chi connectivity index (χ1n) is 4.66. The van der Waals surface area contributed by atoms with E-state index in [9.17, 15) is 0 Å². The molecule has 0 unspecified atom stereocenters. The van der Waals surface area contributed by atoms with Crippen molar-refractivity contribution in [1.82, 2.24) is 0 Å². The van der Waals surface area contributed by atoms with E-state index < -0.39 is 0 Å². The topological polar surface area (TPSA) is 42.2 Å². The molecule has 0 radical (unpaired) electrons. The summed E-state index contributed by atoms with van der Waals surface area (Å²) in [5.74, 6) is 1.44. The van der Waals surface area contributed by atoms with Crippen molar-refractivity contribution >= 4 is 5.57 Å². The van der Waals surface area contributed by atoms with Crippen LogP contribution in [0.5, 0.6) is 11.5 Å². The summed E-state index contributed by atoms with van der Waals surface area (Å²) in [4.78, 5) is 0. The van der Waals surface area contributed by atoms with E-state index in [1.54, 1.807) is 14.2 Å². The van der Waals surface area contributed by atoms with Crippen molar-refractivity contribution in [2.75, 3.05) is 14.2 Å². The van der Waals surface area contributed by atoms with Crippen LogP contribution in [0.1, 0.15) is 11.1 Å². The number of hydrogen-bond donors (Lipinski definition) is 0. The highest BCUT2D eigenvalue weighted by Crippen LogP contribution is 2.39. The summed E-state index contributed by atoms with van der Waals surface area (Å²) in [5.41, 5.74) is 2.70. The van der Waals surface area contributed by atoms with Gasteiger partial charge < -0.3 is 9.47 Å². The summed E-state index contributed by atoms with van der Waals surface area (Å²) in [6.45, 7) is 0. The molecule has 0 aliphatic heterocycles. The molecule has 1 aliphatic rings. The van der Waals surface area contributed by atoms with E-state index in [-0.39, 0.29) is 0 Å². The Morgan fingerprint density at radius 1 is 1.27 bits per heavy atom. The SMILES string of the molecule is COc1ccc2c(c1OC)CC=C2C#N. The van der Waals surface area contributed by atoms with E-state index in [0.29, 0.717) is 11.3 Å². The highest BCUT2D eigenvalue weighted by molar-refractivity contribution is 5.84. The van der Waals surface area contributed by atoms with Crippen molar-refractivity contribution in [3.8, 4) is 17.6 Å². The maximum absolute atomic E-state index is 8.91. The second-order valence-corrected chi connectivity index (χ2v) is 3.26. The highest BCUT2D eigenvalue weighted by atomic mass is 16.5. The highest BCUT2D eigenvalue weighted by Gasteiger charge is 2.20. The van der Waals surface area contributed by atoms with Crippen LogP contribution in [-0.4, -0.2) is 14.2 Å². The average molecular weight is 201 g/mol. The second kappa shape index (κ2) is 3.66. The Hall–Kier alpha value is -1.95. The molecule has 0 bridgehead atoms. The lowest BCUT2D eigenvalue weighted by atomic mass is 10.0. The second-order valence-electron chi connectivity index (χ2n) is 3.26. The van der Waals surface area contributed by atoms with Crippen LogP contribution in [0, 0.1) is 11.3 Å². The van der Waals surface area contributed by atoms with Gasteiger partial charge in [-0.1, -0.05) is 6.08 Å². The summed E-state index contributed by atoms with van der Waals surface area (Å²) in [5, 5.41) is 8.91. The van der Waals surface area contributed by atoms with Gasteiger partial charge in [0.1, 0.15) is 0 Å². The fraction of sp³-hybridized carbons (Fsp3) is 0.250. The standard InChI is InChI=1S/C12H11NO2/c1-14-11-6-5-9-8(7-13)3-4-10(9)12(11)15-2/h3,5-6H,4H2,1-2H3. The van der Waals surface area contributed by atoms with Gasteiger partial charge in [0.05, 0.1) is 25.9 Å². The van der Waals surface area contributed by atoms with Crippen LogP contribution in [0.2, 0.25) is 0 Å². The Morgan fingerprint density at radius 3 is 2.67 bits per heavy atom. The van der Waals surface area contributed by atoms with Crippen LogP contribution >= 0.6 is 0 Å². The molecule has 0 saturated heterocycles. The number of allylic oxidation sites excluding steroid dienone is 2.